The second-order valence-electron chi connectivity index (χ2n) is 3.99. The molecule has 1 fully saturated rings. The lowest BCUT2D eigenvalue weighted by molar-refractivity contribution is 0.0992. The molecule has 5 heteroatoms. The smallest absolute Gasteiger partial charge is 0.0587 e. The quantitative estimate of drug-likeness (QED) is 0.638. The predicted octanol–water partition coefficient (Wildman–Crippen LogP) is 0.540. The lowest BCUT2D eigenvalue weighted by Gasteiger charge is -2.21. The van der Waals surface area contributed by atoms with Crippen molar-refractivity contribution in [3.05, 3.63) is 0 Å². The summed E-state index contributed by atoms with van der Waals surface area (Å²) < 4.78 is 22.1. The van der Waals surface area contributed by atoms with Crippen LogP contribution in [0.2, 0.25) is 0 Å². The van der Waals surface area contributed by atoms with Gasteiger partial charge in [-0.1, -0.05) is 0 Å². The van der Waals surface area contributed by atoms with Crippen molar-refractivity contribution in [3.8, 4) is 0 Å². The van der Waals surface area contributed by atoms with Gasteiger partial charge in [0.1, 0.15) is 0 Å². The first-order valence-corrected chi connectivity index (χ1v) is 7.37. The first-order valence-electron chi connectivity index (χ1n) is 5.99. The summed E-state index contributed by atoms with van der Waals surface area (Å²) in [4.78, 5) is 0. The van der Waals surface area contributed by atoms with Crippen molar-refractivity contribution >= 4 is 10.8 Å². The van der Waals surface area contributed by atoms with Crippen LogP contribution >= 0.6 is 0 Å². The Morgan fingerprint density at radius 2 is 2.12 bits per heavy atom. The molecule has 1 aliphatic heterocycles. The molecule has 1 saturated heterocycles. The number of rotatable bonds is 8. The van der Waals surface area contributed by atoms with Gasteiger partial charge >= 0.3 is 0 Å². The summed E-state index contributed by atoms with van der Waals surface area (Å²) in [7, 11) is 1.03. The Balaban J connectivity index is 1.97. The molecule has 0 saturated carbocycles. The maximum atomic E-state index is 11.9. The van der Waals surface area contributed by atoms with Crippen molar-refractivity contribution in [2.24, 2.45) is 0 Å². The second-order valence-corrected chi connectivity index (χ2v) is 5.83. The monoisotopic (exact) mass is 249 g/mol. The van der Waals surface area contributed by atoms with Crippen LogP contribution < -0.4 is 5.32 Å². The van der Waals surface area contributed by atoms with Gasteiger partial charge in [0, 0.05) is 48.7 Å². The summed E-state index contributed by atoms with van der Waals surface area (Å²) in [5, 5.41) is 3.63. The van der Waals surface area contributed by atoms with E-state index in [-0.39, 0.29) is 0 Å². The molecule has 16 heavy (non-hydrogen) atoms. The molecule has 4 nitrogen and oxygen atoms in total. The Hall–Kier alpha value is 0.0300. The fourth-order valence-corrected chi connectivity index (χ4v) is 3.22. The Morgan fingerprint density at radius 3 is 2.81 bits per heavy atom. The van der Waals surface area contributed by atoms with Gasteiger partial charge in [-0.3, -0.25) is 4.21 Å². The summed E-state index contributed by atoms with van der Waals surface area (Å²) in [6, 6.07) is 0. The van der Waals surface area contributed by atoms with Gasteiger partial charge in [0.05, 0.1) is 6.61 Å². The molecule has 1 rings (SSSR count). The zero-order chi connectivity index (χ0) is 11.6. The average Bonchev–Trinajstić information content (AvgIpc) is 2.34. The van der Waals surface area contributed by atoms with Gasteiger partial charge in [0.25, 0.3) is 0 Å². The van der Waals surface area contributed by atoms with Crippen LogP contribution in [0.15, 0.2) is 0 Å². The third-order valence-electron chi connectivity index (χ3n) is 2.72. The number of hydrogen-bond donors (Lipinski definition) is 1. The van der Waals surface area contributed by atoms with Crippen LogP contribution in [-0.4, -0.2) is 55.2 Å². The minimum atomic E-state index is -0.665. The summed E-state index contributed by atoms with van der Waals surface area (Å²) in [6.07, 6.45) is 2.90. The fraction of sp³-hybridized carbons (Fsp3) is 1.00. The molecule has 0 aromatic carbocycles. The van der Waals surface area contributed by atoms with Crippen molar-refractivity contribution < 1.29 is 13.7 Å². The first kappa shape index (κ1) is 14.1. The maximum Gasteiger partial charge on any atom is 0.0587 e. The fourth-order valence-electron chi connectivity index (χ4n) is 1.74. The van der Waals surface area contributed by atoms with Gasteiger partial charge < -0.3 is 14.8 Å². The average molecular weight is 249 g/mol. The van der Waals surface area contributed by atoms with Gasteiger partial charge in [-0.05, 0) is 25.8 Å². The molecule has 1 aliphatic rings. The molecule has 96 valence electrons. The van der Waals surface area contributed by atoms with Crippen LogP contribution in [0.4, 0.5) is 0 Å². The van der Waals surface area contributed by atoms with E-state index in [2.05, 4.69) is 5.32 Å². The van der Waals surface area contributed by atoms with Gasteiger partial charge in [0.2, 0.25) is 0 Å². The van der Waals surface area contributed by atoms with Crippen LogP contribution in [0, 0.1) is 0 Å². The highest BCUT2D eigenvalue weighted by Crippen LogP contribution is 2.13. The second kappa shape index (κ2) is 9.10. The molecule has 0 amide bonds. The number of ether oxygens (including phenoxy) is 2. The number of methoxy groups -OCH3 is 1. The van der Waals surface area contributed by atoms with Crippen molar-refractivity contribution in [2.45, 2.75) is 24.5 Å². The highest BCUT2D eigenvalue weighted by Gasteiger charge is 2.19. The van der Waals surface area contributed by atoms with E-state index in [1.165, 1.54) is 0 Å². The first-order chi connectivity index (χ1) is 7.84. The Morgan fingerprint density at radius 1 is 1.38 bits per heavy atom. The molecule has 0 radical (unpaired) electrons. The minimum Gasteiger partial charge on any atom is -0.383 e. The van der Waals surface area contributed by atoms with Crippen molar-refractivity contribution in [1.29, 1.82) is 0 Å². The van der Waals surface area contributed by atoms with Crippen LogP contribution in [0.1, 0.15) is 19.3 Å². The van der Waals surface area contributed by atoms with Gasteiger partial charge in [-0.2, -0.15) is 0 Å². The van der Waals surface area contributed by atoms with Crippen LogP contribution in [0.3, 0.4) is 0 Å². The summed E-state index contributed by atoms with van der Waals surface area (Å²) in [5.41, 5.74) is 0. The third kappa shape index (κ3) is 5.94. The van der Waals surface area contributed by atoms with Crippen LogP contribution in [0.25, 0.3) is 0 Å². The molecule has 0 spiro atoms. The van der Waals surface area contributed by atoms with Crippen molar-refractivity contribution in [1.82, 2.24) is 5.32 Å². The van der Waals surface area contributed by atoms with Gasteiger partial charge in [0.15, 0.2) is 0 Å². The van der Waals surface area contributed by atoms with E-state index in [0.717, 1.165) is 57.9 Å². The predicted molar refractivity (Wildman–Crippen MR) is 66.2 cm³/mol. The molecule has 0 bridgehead atoms. The Kier molecular flexibility index (Phi) is 8.02. The number of nitrogens with one attached hydrogen (secondary N) is 1. The molecule has 1 N–H and O–H groups in total. The van der Waals surface area contributed by atoms with E-state index in [4.69, 9.17) is 9.47 Å². The molecule has 1 unspecified atom stereocenters. The lowest BCUT2D eigenvalue weighted by atomic mass is 10.2. The van der Waals surface area contributed by atoms with E-state index in [0.29, 0.717) is 5.25 Å². The van der Waals surface area contributed by atoms with Crippen LogP contribution in [0.5, 0.6) is 0 Å². The van der Waals surface area contributed by atoms with Gasteiger partial charge in [-0.15, -0.1) is 0 Å². The zero-order valence-corrected chi connectivity index (χ0v) is 10.9. The summed E-state index contributed by atoms with van der Waals surface area (Å²) in [6.45, 7) is 4.10. The maximum absolute atomic E-state index is 11.9. The molecular formula is C11H23NO3S. The summed E-state index contributed by atoms with van der Waals surface area (Å²) in [5.74, 6) is 0.810. The van der Waals surface area contributed by atoms with E-state index in [1.54, 1.807) is 7.11 Å². The topological polar surface area (TPSA) is 47.6 Å². The minimum absolute atomic E-state index is 0.368. The lowest BCUT2D eigenvalue weighted by Crippen LogP contribution is -2.28. The van der Waals surface area contributed by atoms with Gasteiger partial charge in [-0.25, -0.2) is 0 Å². The molecule has 0 aliphatic carbocycles. The highest BCUT2D eigenvalue weighted by atomic mass is 32.2. The number of hydrogen-bond acceptors (Lipinski definition) is 4. The van der Waals surface area contributed by atoms with E-state index < -0.39 is 10.8 Å². The standard InChI is InChI=1S/C11H23NO3S/c1-14-9-6-12-5-2-10-16(13)11-3-7-15-8-4-11/h11-12H,2-10H2,1H3. The molecule has 0 aromatic heterocycles. The molecule has 1 atom stereocenters. The van der Waals surface area contributed by atoms with Crippen molar-refractivity contribution in [2.75, 3.05) is 45.8 Å². The molecule has 0 aromatic rings. The summed E-state index contributed by atoms with van der Waals surface area (Å²) >= 11 is 0. The normalized spacial score (nSPS) is 19.8. The SMILES string of the molecule is COCCNCCCS(=O)C1CCOCC1. The van der Waals surface area contributed by atoms with Crippen molar-refractivity contribution in [3.63, 3.8) is 0 Å². The zero-order valence-electron chi connectivity index (χ0n) is 10.1. The largest absolute Gasteiger partial charge is 0.383 e. The molecular weight excluding hydrogens is 226 g/mol. The van der Waals surface area contributed by atoms with E-state index in [1.807, 2.05) is 0 Å². The third-order valence-corrected chi connectivity index (χ3v) is 4.63. The Bertz CT molecular complexity index is 196. The van der Waals surface area contributed by atoms with E-state index in [9.17, 15) is 4.21 Å². The van der Waals surface area contributed by atoms with E-state index >= 15 is 0 Å². The Labute approximate surface area is 101 Å². The van der Waals surface area contributed by atoms with Crippen LogP contribution in [-0.2, 0) is 20.3 Å². The highest BCUT2D eigenvalue weighted by molar-refractivity contribution is 7.85. The molecule has 1 heterocycles.